The zero-order valence-corrected chi connectivity index (χ0v) is 12.9. The topological polar surface area (TPSA) is 83.5 Å². The Labute approximate surface area is 125 Å². The summed E-state index contributed by atoms with van der Waals surface area (Å²) in [6.07, 6.45) is 4.34. The summed E-state index contributed by atoms with van der Waals surface area (Å²) in [7, 11) is -3.25. The van der Waals surface area contributed by atoms with Gasteiger partial charge in [0, 0.05) is 12.8 Å². The molecule has 0 atom stereocenters. The van der Waals surface area contributed by atoms with Crippen molar-refractivity contribution >= 4 is 21.5 Å². The van der Waals surface area contributed by atoms with Crippen molar-refractivity contribution in [2.75, 3.05) is 18.1 Å². The fourth-order valence-electron chi connectivity index (χ4n) is 2.80. The SMILES string of the molecule is CS(=O)(=O)c1ccccc1NCC1CCC(C(=O)O)CC1. The van der Waals surface area contributed by atoms with E-state index in [1.54, 1.807) is 24.3 Å². The molecule has 0 unspecified atom stereocenters. The first-order valence-corrected chi connectivity index (χ1v) is 9.03. The Morgan fingerprint density at radius 2 is 1.86 bits per heavy atom. The molecule has 2 rings (SSSR count). The van der Waals surface area contributed by atoms with E-state index in [4.69, 9.17) is 5.11 Å². The minimum atomic E-state index is -3.25. The number of anilines is 1. The van der Waals surface area contributed by atoms with E-state index in [1.807, 2.05) is 0 Å². The van der Waals surface area contributed by atoms with Crippen molar-refractivity contribution in [1.29, 1.82) is 0 Å². The van der Waals surface area contributed by atoms with Gasteiger partial charge in [0.1, 0.15) is 0 Å². The Morgan fingerprint density at radius 3 is 2.43 bits per heavy atom. The van der Waals surface area contributed by atoms with Crippen LogP contribution in [0.25, 0.3) is 0 Å². The zero-order valence-electron chi connectivity index (χ0n) is 12.1. The lowest BCUT2D eigenvalue weighted by atomic mass is 9.82. The predicted molar refractivity (Wildman–Crippen MR) is 81.1 cm³/mol. The summed E-state index contributed by atoms with van der Waals surface area (Å²) in [5, 5.41) is 12.2. The molecule has 0 saturated heterocycles. The Morgan fingerprint density at radius 1 is 1.24 bits per heavy atom. The lowest BCUT2D eigenvalue weighted by molar-refractivity contribution is -0.143. The molecule has 0 amide bonds. The van der Waals surface area contributed by atoms with Gasteiger partial charge in [-0.2, -0.15) is 0 Å². The minimum Gasteiger partial charge on any atom is -0.481 e. The largest absolute Gasteiger partial charge is 0.481 e. The van der Waals surface area contributed by atoms with Crippen LogP contribution in [-0.2, 0) is 14.6 Å². The summed E-state index contributed by atoms with van der Waals surface area (Å²) in [5.74, 6) is -0.526. The van der Waals surface area contributed by atoms with E-state index in [1.165, 1.54) is 6.26 Å². The molecule has 5 nitrogen and oxygen atoms in total. The molecule has 0 spiro atoms. The highest BCUT2D eigenvalue weighted by Gasteiger charge is 2.25. The monoisotopic (exact) mass is 311 g/mol. The van der Waals surface area contributed by atoms with Crippen LogP contribution in [0, 0.1) is 11.8 Å². The van der Waals surface area contributed by atoms with Crippen LogP contribution in [0.3, 0.4) is 0 Å². The van der Waals surface area contributed by atoms with Gasteiger partial charge >= 0.3 is 5.97 Å². The van der Waals surface area contributed by atoms with Gasteiger partial charge in [-0.3, -0.25) is 4.79 Å². The number of carboxylic acids is 1. The summed E-state index contributed by atoms with van der Waals surface area (Å²) in [4.78, 5) is 11.2. The van der Waals surface area contributed by atoms with E-state index in [9.17, 15) is 13.2 Å². The van der Waals surface area contributed by atoms with Crippen LogP contribution in [0.5, 0.6) is 0 Å². The summed E-state index contributed by atoms with van der Waals surface area (Å²) in [5.41, 5.74) is 0.625. The first-order valence-electron chi connectivity index (χ1n) is 7.13. The van der Waals surface area contributed by atoms with Crippen molar-refractivity contribution < 1.29 is 18.3 Å². The van der Waals surface area contributed by atoms with Gasteiger partial charge in [-0.05, 0) is 43.7 Å². The van der Waals surface area contributed by atoms with E-state index in [0.29, 0.717) is 35.9 Å². The number of hydrogen-bond acceptors (Lipinski definition) is 4. The van der Waals surface area contributed by atoms with Gasteiger partial charge in [-0.1, -0.05) is 12.1 Å². The lowest BCUT2D eigenvalue weighted by Crippen LogP contribution is -2.25. The molecule has 1 aromatic rings. The number of hydrogen-bond donors (Lipinski definition) is 2. The van der Waals surface area contributed by atoms with Gasteiger partial charge in [0.25, 0.3) is 0 Å². The Kier molecular flexibility index (Phi) is 4.88. The van der Waals surface area contributed by atoms with Crippen LogP contribution in [-0.4, -0.2) is 32.3 Å². The quantitative estimate of drug-likeness (QED) is 0.872. The molecule has 1 aliphatic carbocycles. The molecular formula is C15H21NO4S. The number of rotatable bonds is 5. The normalized spacial score (nSPS) is 22.7. The third kappa shape index (κ3) is 4.20. The number of carboxylic acid groups (broad SMARTS) is 1. The fraction of sp³-hybridized carbons (Fsp3) is 0.533. The zero-order chi connectivity index (χ0) is 15.5. The number of nitrogens with one attached hydrogen (secondary N) is 1. The van der Waals surface area contributed by atoms with Crippen molar-refractivity contribution in [3.8, 4) is 0 Å². The first kappa shape index (κ1) is 15.8. The van der Waals surface area contributed by atoms with Gasteiger partial charge in [-0.15, -0.1) is 0 Å². The van der Waals surface area contributed by atoms with E-state index in [2.05, 4.69) is 5.32 Å². The predicted octanol–water partition coefficient (Wildman–Crippen LogP) is 2.39. The molecule has 6 heteroatoms. The van der Waals surface area contributed by atoms with Gasteiger partial charge in [0.2, 0.25) is 0 Å². The number of carbonyl (C=O) groups is 1. The molecule has 1 aromatic carbocycles. The third-order valence-corrected chi connectivity index (χ3v) is 5.22. The Balaban J connectivity index is 1.95. The lowest BCUT2D eigenvalue weighted by Gasteiger charge is -2.26. The van der Waals surface area contributed by atoms with E-state index in [-0.39, 0.29) is 5.92 Å². The van der Waals surface area contributed by atoms with Crippen LogP contribution >= 0.6 is 0 Å². The molecule has 0 aliphatic heterocycles. The highest BCUT2D eigenvalue weighted by atomic mass is 32.2. The molecule has 21 heavy (non-hydrogen) atoms. The highest BCUT2D eigenvalue weighted by molar-refractivity contribution is 7.90. The number of aliphatic carboxylic acids is 1. The number of para-hydroxylation sites is 1. The standard InChI is InChI=1S/C15H21NO4S/c1-21(19,20)14-5-3-2-4-13(14)16-10-11-6-8-12(9-7-11)15(17)18/h2-5,11-12,16H,6-10H2,1H3,(H,17,18). The van der Waals surface area contributed by atoms with Crippen LogP contribution in [0.4, 0.5) is 5.69 Å². The van der Waals surface area contributed by atoms with E-state index in [0.717, 1.165) is 12.8 Å². The van der Waals surface area contributed by atoms with Crippen molar-refractivity contribution in [3.63, 3.8) is 0 Å². The number of benzene rings is 1. The second kappa shape index (κ2) is 6.47. The highest BCUT2D eigenvalue weighted by Crippen LogP contribution is 2.30. The molecule has 0 radical (unpaired) electrons. The number of sulfone groups is 1. The van der Waals surface area contributed by atoms with Crippen molar-refractivity contribution in [3.05, 3.63) is 24.3 Å². The molecule has 0 heterocycles. The molecular weight excluding hydrogens is 290 g/mol. The Bertz CT molecular complexity index is 604. The Hall–Kier alpha value is -1.56. The molecule has 0 bridgehead atoms. The molecule has 0 aromatic heterocycles. The second-order valence-electron chi connectivity index (χ2n) is 5.71. The second-order valence-corrected chi connectivity index (χ2v) is 7.69. The molecule has 116 valence electrons. The van der Waals surface area contributed by atoms with Gasteiger partial charge in [0.05, 0.1) is 16.5 Å². The van der Waals surface area contributed by atoms with Crippen molar-refractivity contribution in [2.24, 2.45) is 11.8 Å². The van der Waals surface area contributed by atoms with Gasteiger partial charge < -0.3 is 10.4 Å². The fourth-order valence-corrected chi connectivity index (χ4v) is 3.67. The van der Waals surface area contributed by atoms with E-state index >= 15 is 0 Å². The van der Waals surface area contributed by atoms with Crippen molar-refractivity contribution in [1.82, 2.24) is 0 Å². The van der Waals surface area contributed by atoms with Crippen molar-refractivity contribution in [2.45, 2.75) is 30.6 Å². The maximum Gasteiger partial charge on any atom is 0.306 e. The average Bonchev–Trinajstić information content (AvgIpc) is 2.45. The smallest absolute Gasteiger partial charge is 0.306 e. The van der Waals surface area contributed by atoms with Crippen LogP contribution < -0.4 is 5.32 Å². The molecule has 2 N–H and O–H groups in total. The van der Waals surface area contributed by atoms with Crippen LogP contribution in [0.15, 0.2) is 29.2 Å². The summed E-state index contributed by atoms with van der Waals surface area (Å²) >= 11 is 0. The molecule has 1 saturated carbocycles. The third-order valence-electron chi connectivity index (χ3n) is 4.06. The van der Waals surface area contributed by atoms with Gasteiger partial charge in [0.15, 0.2) is 9.84 Å². The summed E-state index contributed by atoms with van der Waals surface area (Å²) < 4.78 is 23.4. The molecule has 1 aliphatic rings. The first-order chi connectivity index (χ1) is 9.88. The maximum atomic E-state index is 11.7. The maximum absolute atomic E-state index is 11.7. The summed E-state index contributed by atoms with van der Waals surface area (Å²) in [6.45, 7) is 0.679. The van der Waals surface area contributed by atoms with Crippen LogP contribution in [0.1, 0.15) is 25.7 Å². The average molecular weight is 311 g/mol. The van der Waals surface area contributed by atoms with E-state index < -0.39 is 15.8 Å². The van der Waals surface area contributed by atoms with Gasteiger partial charge in [-0.25, -0.2) is 8.42 Å². The minimum absolute atomic E-state index is 0.218. The molecule has 1 fully saturated rings. The van der Waals surface area contributed by atoms with Crippen LogP contribution in [0.2, 0.25) is 0 Å². The summed E-state index contributed by atoms with van der Waals surface area (Å²) in [6, 6.07) is 6.87.